The van der Waals surface area contributed by atoms with Crippen LogP contribution < -0.4 is 10.1 Å². The molecule has 1 N–H and O–H groups in total. The molecule has 102 valence electrons. The molecule has 0 saturated carbocycles. The molecule has 0 unspecified atom stereocenters. The molecule has 0 atom stereocenters. The molecular formula is C14H23NO3. The Balaban J connectivity index is 2.42. The lowest BCUT2D eigenvalue weighted by Crippen LogP contribution is -2.29. The average Bonchev–Trinajstić information content (AvgIpc) is 2.34. The van der Waals surface area contributed by atoms with E-state index < -0.39 is 0 Å². The topological polar surface area (TPSA) is 39.7 Å². The van der Waals surface area contributed by atoms with Crippen molar-refractivity contribution in [3.05, 3.63) is 29.8 Å². The minimum absolute atomic E-state index is 0.194. The lowest BCUT2D eigenvalue weighted by Gasteiger charge is -2.15. The summed E-state index contributed by atoms with van der Waals surface area (Å²) in [6, 6.07) is 8.08. The molecule has 0 heterocycles. The summed E-state index contributed by atoms with van der Waals surface area (Å²) in [5.74, 6) is 0.902. The van der Waals surface area contributed by atoms with Gasteiger partial charge in [0.05, 0.1) is 6.10 Å². The third-order valence-electron chi connectivity index (χ3n) is 2.44. The van der Waals surface area contributed by atoms with Gasteiger partial charge in [-0.05, 0) is 31.5 Å². The molecule has 0 aliphatic carbocycles. The van der Waals surface area contributed by atoms with E-state index in [0.29, 0.717) is 6.54 Å². The van der Waals surface area contributed by atoms with Gasteiger partial charge in [-0.3, -0.25) is 0 Å². The first-order chi connectivity index (χ1) is 8.65. The van der Waals surface area contributed by atoms with Crippen LogP contribution in [0.4, 0.5) is 0 Å². The molecule has 4 heteroatoms. The molecule has 0 aromatic heterocycles. The van der Waals surface area contributed by atoms with Crippen LogP contribution in [0.2, 0.25) is 0 Å². The summed E-state index contributed by atoms with van der Waals surface area (Å²) in [6.45, 7) is 5.46. The molecule has 0 spiro atoms. The molecule has 0 fully saturated rings. The smallest absolute Gasteiger partial charge is 0.169 e. The largest absolute Gasteiger partial charge is 0.491 e. The van der Waals surface area contributed by atoms with Crippen LogP contribution in [0, 0.1) is 0 Å². The first kappa shape index (κ1) is 15.0. The van der Waals surface area contributed by atoms with E-state index in [0.717, 1.165) is 12.3 Å². The van der Waals surface area contributed by atoms with Crippen molar-refractivity contribution in [3.8, 4) is 5.75 Å². The van der Waals surface area contributed by atoms with Crippen LogP contribution >= 0.6 is 0 Å². The Labute approximate surface area is 109 Å². The van der Waals surface area contributed by atoms with Crippen molar-refractivity contribution in [1.82, 2.24) is 5.32 Å². The van der Waals surface area contributed by atoms with E-state index in [4.69, 9.17) is 14.2 Å². The Morgan fingerprint density at radius 2 is 1.89 bits per heavy atom. The fraction of sp³-hybridized carbons (Fsp3) is 0.571. The molecule has 4 nitrogen and oxygen atoms in total. The summed E-state index contributed by atoms with van der Waals surface area (Å²) in [7, 11) is 3.26. The Morgan fingerprint density at radius 3 is 2.50 bits per heavy atom. The Morgan fingerprint density at radius 1 is 1.17 bits per heavy atom. The van der Waals surface area contributed by atoms with Crippen LogP contribution in [0.15, 0.2) is 24.3 Å². The van der Waals surface area contributed by atoms with Crippen molar-refractivity contribution in [2.45, 2.75) is 32.8 Å². The zero-order valence-corrected chi connectivity index (χ0v) is 11.6. The molecule has 1 aromatic carbocycles. The van der Waals surface area contributed by atoms with Crippen LogP contribution in [-0.2, 0) is 16.0 Å². The second kappa shape index (κ2) is 8.08. The van der Waals surface area contributed by atoms with Gasteiger partial charge in [-0.2, -0.15) is 0 Å². The number of ether oxygens (including phenoxy) is 3. The fourth-order valence-electron chi connectivity index (χ4n) is 1.60. The lowest BCUT2D eigenvalue weighted by molar-refractivity contribution is -0.0989. The summed E-state index contributed by atoms with van der Waals surface area (Å²) in [4.78, 5) is 0. The number of benzene rings is 1. The normalized spacial score (nSPS) is 11.2. The van der Waals surface area contributed by atoms with E-state index in [9.17, 15) is 0 Å². The molecular weight excluding hydrogens is 230 g/mol. The monoisotopic (exact) mass is 253 g/mol. The molecule has 0 saturated heterocycles. The average molecular weight is 253 g/mol. The summed E-state index contributed by atoms with van der Waals surface area (Å²) in [6.07, 6.45) is -0.0142. The lowest BCUT2D eigenvalue weighted by atomic mass is 10.2. The van der Waals surface area contributed by atoms with Crippen molar-refractivity contribution in [1.29, 1.82) is 0 Å². The molecule has 0 bridgehead atoms. The van der Waals surface area contributed by atoms with Gasteiger partial charge in [-0.15, -0.1) is 0 Å². The minimum atomic E-state index is -0.208. The third-order valence-corrected chi connectivity index (χ3v) is 2.44. The van der Waals surface area contributed by atoms with Gasteiger partial charge >= 0.3 is 0 Å². The molecule has 1 aromatic rings. The Bertz CT molecular complexity index is 338. The van der Waals surface area contributed by atoms with Gasteiger partial charge < -0.3 is 19.5 Å². The van der Waals surface area contributed by atoms with Crippen LogP contribution in [0.3, 0.4) is 0 Å². The predicted molar refractivity (Wildman–Crippen MR) is 71.7 cm³/mol. The highest BCUT2D eigenvalue weighted by molar-refractivity contribution is 5.28. The van der Waals surface area contributed by atoms with E-state index in [2.05, 4.69) is 11.4 Å². The second-order valence-corrected chi connectivity index (χ2v) is 4.35. The van der Waals surface area contributed by atoms with Crippen LogP contribution in [0.25, 0.3) is 0 Å². The first-order valence-corrected chi connectivity index (χ1v) is 6.17. The van der Waals surface area contributed by atoms with Gasteiger partial charge in [0, 0.05) is 27.3 Å². The molecule has 0 amide bonds. The van der Waals surface area contributed by atoms with Gasteiger partial charge in [0.15, 0.2) is 6.29 Å². The van der Waals surface area contributed by atoms with Gasteiger partial charge in [0.2, 0.25) is 0 Å². The van der Waals surface area contributed by atoms with Gasteiger partial charge in [0.1, 0.15) is 5.75 Å². The van der Waals surface area contributed by atoms with E-state index in [1.165, 1.54) is 5.56 Å². The van der Waals surface area contributed by atoms with Crippen LogP contribution in [-0.4, -0.2) is 33.2 Å². The molecule has 0 radical (unpaired) electrons. The Kier molecular flexibility index (Phi) is 6.72. The zero-order valence-electron chi connectivity index (χ0n) is 11.6. The number of hydrogen-bond acceptors (Lipinski definition) is 4. The van der Waals surface area contributed by atoms with Crippen molar-refractivity contribution in [2.75, 3.05) is 20.8 Å². The van der Waals surface area contributed by atoms with Crippen molar-refractivity contribution in [3.63, 3.8) is 0 Å². The number of rotatable bonds is 8. The summed E-state index contributed by atoms with van der Waals surface area (Å²) in [5, 5.41) is 3.28. The van der Waals surface area contributed by atoms with Crippen molar-refractivity contribution >= 4 is 0 Å². The fourth-order valence-corrected chi connectivity index (χ4v) is 1.60. The first-order valence-electron chi connectivity index (χ1n) is 6.17. The van der Waals surface area contributed by atoms with Crippen molar-refractivity contribution < 1.29 is 14.2 Å². The van der Waals surface area contributed by atoms with Crippen LogP contribution in [0.5, 0.6) is 5.75 Å². The van der Waals surface area contributed by atoms with Gasteiger partial charge in [-0.1, -0.05) is 12.1 Å². The van der Waals surface area contributed by atoms with E-state index in [1.807, 2.05) is 32.0 Å². The molecule has 0 aliphatic heterocycles. The summed E-state index contributed by atoms with van der Waals surface area (Å²) in [5.41, 5.74) is 1.18. The minimum Gasteiger partial charge on any atom is -0.491 e. The summed E-state index contributed by atoms with van der Waals surface area (Å²) >= 11 is 0. The highest BCUT2D eigenvalue weighted by atomic mass is 16.7. The van der Waals surface area contributed by atoms with Crippen LogP contribution in [0.1, 0.15) is 19.4 Å². The number of methoxy groups -OCH3 is 2. The molecule has 1 rings (SSSR count). The zero-order chi connectivity index (χ0) is 13.4. The maximum absolute atomic E-state index is 5.65. The second-order valence-electron chi connectivity index (χ2n) is 4.35. The predicted octanol–water partition coefficient (Wildman–Crippen LogP) is 2.18. The van der Waals surface area contributed by atoms with E-state index in [1.54, 1.807) is 14.2 Å². The SMILES string of the molecule is COC(CNCc1cccc(OC(C)C)c1)OC. The number of nitrogens with one attached hydrogen (secondary N) is 1. The highest BCUT2D eigenvalue weighted by Gasteiger charge is 2.04. The third kappa shape index (κ3) is 5.49. The quantitative estimate of drug-likeness (QED) is 0.721. The summed E-state index contributed by atoms with van der Waals surface area (Å²) < 4.78 is 15.9. The highest BCUT2D eigenvalue weighted by Crippen LogP contribution is 2.14. The van der Waals surface area contributed by atoms with Gasteiger partial charge in [-0.25, -0.2) is 0 Å². The number of hydrogen-bond donors (Lipinski definition) is 1. The molecule has 0 aliphatic rings. The maximum atomic E-state index is 5.65. The molecule has 18 heavy (non-hydrogen) atoms. The standard InChI is InChI=1S/C14H23NO3/c1-11(2)18-13-7-5-6-12(8-13)9-15-10-14(16-3)17-4/h5-8,11,14-15H,9-10H2,1-4H3. The van der Waals surface area contributed by atoms with Gasteiger partial charge in [0.25, 0.3) is 0 Å². The Hall–Kier alpha value is -1.10. The van der Waals surface area contributed by atoms with E-state index >= 15 is 0 Å². The van der Waals surface area contributed by atoms with Crippen molar-refractivity contribution in [2.24, 2.45) is 0 Å². The maximum Gasteiger partial charge on any atom is 0.169 e. The van der Waals surface area contributed by atoms with E-state index in [-0.39, 0.29) is 12.4 Å².